The van der Waals surface area contributed by atoms with Crippen molar-refractivity contribution < 1.29 is 14.3 Å². The van der Waals surface area contributed by atoms with Crippen LogP contribution in [0.4, 0.5) is 5.69 Å². The Hall–Kier alpha value is -2.14. The summed E-state index contributed by atoms with van der Waals surface area (Å²) in [5, 5.41) is 2.71. The molecule has 0 aliphatic carbocycles. The molecule has 0 radical (unpaired) electrons. The minimum atomic E-state index is -0.882. The fourth-order valence-electron chi connectivity index (χ4n) is 1.93. The van der Waals surface area contributed by atoms with Gasteiger partial charge < -0.3 is 10.1 Å². The molecule has 2 rings (SSSR count). The van der Waals surface area contributed by atoms with Gasteiger partial charge in [-0.25, -0.2) is 4.79 Å². The Morgan fingerprint density at radius 3 is 2.30 bits per heavy atom. The van der Waals surface area contributed by atoms with Gasteiger partial charge in [-0.2, -0.15) is 0 Å². The second-order valence-corrected chi connectivity index (χ2v) is 6.26. The number of benzene rings is 2. The van der Waals surface area contributed by atoms with Crippen LogP contribution in [0.2, 0.25) is 0 Å². The first kappa shape index (κ1) is 17.2. The molecule has 2 aromatic rings. The lowest BCUT2D eigenvalue weighted by molar-refractivity contribution is -0.123. The van der Waals surface area contributed by atoms with Crippen molar-refractivity contribution in [1.29, 1.82) is 0 Å². The van der Waals surface area contributed by atoms with Crippen molar-refractivity contribution in [3.05, 3.63) is 63.6 Å². The number of amides is 1. The van der Waals surface area contributed by atoms with Crippen molar-refractivity contribution in [2.75, 3.05) is 5.32 Å². The predicted molar refractivity (Wildman–Crippen MR) is 93.6 cm³/mol. The topological polar surface area (TPSA) is 55.4 Å². The van der Waals surface area contributed by atoms with Gasteiger partial charge in [-0.05, 0) is 68.3 Å². The van der Waals surface area contributed by atoms with Gasteiger partial charge in [0.1, 0.15) is 0 Å². The van der Waals surface area contributed by atoms with E-state index in [0.717, 1.165) is 15.6 Å². The summed E-state index contributed by atoms with van der Waals surface area (Å²) in [7, 11) is 0. The fourth-order valence-corrected chi connectivity index (χ4v) is 2.19. The minimum Gasteiger partial charge on any atom is -0.449 e. The van der Waals surface area contributed by atoms with E-state index in [2.05, 4.69) is 21.2 Å². The van der Waals surface area contributed by atoms with Crippen LogP contribution in [0.25, 0.3) is 0 Å². The largest absolute Gasteiger partial charge is 0.449 e. The van der Waals surface area contributed by atoms with Crippen LogP contribution >= 0.6 is 15.9 Å². The Labute approximate surface area is 144 Å². The van der Waals surface area contributed by atoms with Gasteiger partial charge in [0.2, 0.25) is 0 Å². The lowest BCUT2D eigenvalue weighted by Gasteiger charge is -2.14. The van der Waals surface area contributed by atoms with E-state index in [9.17, 15) is 9.59 Å². The van der Waals surface area contributed by atoms with Crippen molar-refractivity contribution in [1.82, 2.24) is 0 Å². The molecule has 0 aromatic heterocycles. The van der Waals surface area contributed by atoms with Crippen LogP contribution < -0.4 is 5.32 Å². The summed E-state index contributed by atoms with van der Waals surface area (Å²) in [4.78, 5) is 24.2. The highest BCUT2D eigenvalue weighted by molar-refractivity contribution is 9.10. The average Bonchev–Trinajstić information content (AvgIpc) is 2.52. The number of hydrogen-bond donors (Lipinski definition) is 1. The Kier molecular flexibility index (Phi) is 5.55. The first-order valence-electron chi connectivity index (χ1n) is 7.21. The molecule has 4 nitrogen and oxygen atoms in total. The first-order valence-corrected chi connectivity index (χ1v) is 8.01. The molecule has 5 heteroatoms. The standard InChI is InChI=1S/C18H18BrNO3/c1-11-4-5-14(10-12(11)2)18(22)23-13(3)17(21)20-16-8-6-15(19)7-9-16/h4-10,13H,1-3H3,(H,20,21)/t13-/m1/s1. The SMILES string of the molecule is Cc1ccc(C(=O)O[C@H](C)C(=O)Nc2ccc(Br)cc2)cc1C. The number of rotatable bonds is 4. The number of carbonyl (C=O) groups excluding carboxylic acids is 2. The lowest BCUT2D eigenvalue weighted by atomic mass is 10.1. The highest BCUT2D eigenvalue weighted by Crippen LogP contribution is 2.15. The van der Waals surface area contributed by atoms with E-state index in [1.54, 1.807) is 31.2 Å². The van der Waals surface area contributed by atoms with Gasteiger partial charge in [0, 0.05) is 10.2 Å². The number of aryl methyl sites for hydroxylation is 2. The number of halogens is 1. The number of ether oxygens (including phenoxy) is 1. The molecule has 0 saturated carbocycles. The van der Waals surface area contributed by atoms with Crippen molar-refractivity contribution in [3.63, 3.8) is 0 Å². The van der Waals surface area contributed by atoms with Gasteiger partial charge in [-0.3, -0.25) is 4.79 Å². The molecule has 23 heavy (non-hydrogen) atoms. The smallest absolute Gasteiger partial charge is 0.338 e. The van der Waals surface area contributed by atoms with Gasteiger partial charge >= 0.3 is 5.97 Å². The third kappa shape index (κ3) is 4.66. The van der Waals surface area contributed by atoms with Crippen LogP contribution in [-0.2, 0) is 9.53 Å². The Morgan fingerprint density at radius 1 is 1.04 bits per heavy atom. The van der Waals surface area contributed by atoms with Crippen molar-refractivity contribution in [3.8, 4) is 0 Å². The number of hydrogen-bond acceptors (Lipinski definition) is 3. The summed E-state index contributed by atoms with van der Waals surface area (Å²) in [5.74, 6) is -0.879. The molecule has 0 heterocycles. The Bertz CT molecular complexity index is 726. The molecule has 2 aromatic carbocycles. The fraction of sp³-hybridized carbons (Fsp3) is 0.222. The molecule has 1 atom stereocenters. The van der Waals surface area contributed by atoms with E-state index < -0.39 is 12.1 Å². The molecule has 1 amide bonds. The number of nitrogens with one attached hydrogen (secondary N) is 1. The maximum atomic E-state index is 12.1. The van der Waals surface area contributed by atoms with Gasteiger partial charge in [-0.1, -0.05) is 22.0 Å². The summed E-state index contributed by atoms with van der Waals surface area (Å²) in [6, 6.07) is 12.5. The zero-order valence-electron chi connectivity index (χ0n) is 13.2. The zero-order chi connectivity index (χ0) is 17.0. The lowest BCUT2D eigenvalue weighted by Crippen LogP contribution is -2.30. The third-order valence-electron chi connectivity index (χ3n) is 3.51. The summed E-state index contributed by atoms with van der Waals surface area (Å²) >= 11 is 3.33. The van der Waals surface area contributed by atoms with Gasteiger partial charge in [-0.15, -0.1) is 0 Å². The molecule has 0 saturated heterocycles. The maximum Gasteiger partial charge on any atom is 0.338 e. The van der Waals surface area contributed by atoms with E-state index >= 15 is 0 Å². The second-order valence-electron chi connectivity index (χ2n) is 5.34. The molecule has 0 unspecified atom stereocenters. The monoisotopic (exact) mass is 375 g/mol. The van der Waals surface area contributed by atoms with Crippen LogP contribution in [0, 0.1) is 13.8 Å². The normalized spacial score (nSPS) is 11.7. The molecular formula is C18H18BrNO3. The van der Waals surface area contributed by atoms with E-state index in [0.29, 0.717) is 11.3 Å². The highest BCUT2D eigenvalue weighted by Gasteiger charge is 2.19. The Balaban J connectivity index is 1.98. The predicted octanol–water partition coefficient (Wildman–Crippen LogP) is 4.25. The third-order valence-corrected chi connectivity index (χ3v) is 4.04. The summed E-state index contributed by atoms with van der Waals surface area (Å²) in [6.07, 6.45) is -0.882. The molecular weight excluding hydrogens is 358 g/mol. The summed E-state index contributed by atoms with van der Waals surface area (Å²) < 4.78 is 6.15. The quantitative estimate of drug-likeness (QED) is 0.812. The molecule has 1 N–H and O–H groups in total. The van der Waals surface area contributed by atoms with Crippen LogP contribution in [-0.4, -0.2) is 18.0 Å². The van der Waals surface area contributed by atoms with Crippen molar-refractivity contribution in [2.24, 2.45) is 0 Å². The van der Waals surface area contributed by atoms with E-state index in [4.69, 9.17) is 4.74 Å². The van der Waals surface area contributed by atoms with Gasteiger partial charge in [0.15, 0.2) is 6.10 Å². The average molecular weight is 376 g/mol. The number of esters is 1. The zero-order valence-corrected chi connectivity index (χ0v) is 14.8. The van der Waals surface area contributed by atoms with Crippen molar-refractivity contribution in [2.45, 2.75) is 26.9 Å². The molecule has 0 aliphatic rings. The highest BCUT2D eigenvalue weighted by atomic mass is 79.9. The molecule has 0 spiro atoms. The van der Waals surface area contributed by atoms with E-state index in [1.165, 1.54) is 0 Å². The second kappa shape index (κ2) is 7.42. The number of carbonyl (C=O) groups is 2. The van der Waals surface area contributed by atoms with E-state index in [-0.39, 0.29) is 5.91 Å². The minimum absolute atomic E-state index is 0.371. The van der Waals surface area contributed by atoms with Crippen LogP contribution in [0.15, 0.2) is 46.9 Å². The molecule has 0 fully saturated rings. The van der Waals surface area contributed by atoms with Gasteiger partial charge in [0.05, 0.1) is 5.56 Å². The number of anilines is 1. The van der Waals surface area contributed by atoms with E-state index in [1.807, 2.05) is 32.0 Å². The Morgan fingerprint density at radius 2 is 1.70 bits per heavy atom. The van der Waals surface area contributed by atoms with Crippen LogP contribution in [0.3, 0.4) is 0 Å². The molecule has 0 aliphatic heterocycles. The van der Waals surface area contributed by atoms with Crippen LogP contribution in [0.5, 0.6) is 0 Å². The van der Waals surface area contributed by atoms with Crippen molar-refractivity contribution >= 4 is 33.5 Å². The van der Waals surface area contributed by atoms with Gasteiger partial charge in [0.25, 0.3) is 5.91 Å². The summed E-state index contributed by atoms with van der Waals surface area (Å²) in [6.45, 7) is 5.45. The first-order chi connectivity index (χ1) is 10.9. The molecule has 120 valence electrons. The summed E-state index contributed by atoms with van der Waals surface area (Å²) in [5.41, 5.74) is 3.19. The molecule has 0 bridgehead atoms. The maximum absolute atomic E-state index is 12.1. The van der Waals surface area contributed by atoms with Crippen LogP contribution in [0.1, 0.15) is 28.4 Å².